The molecule has 1 N–H and O–H groups in total. The predicted molar refractivity (Wildman–Crippen MR) is 150 cm³/mol. The molecule has 6 rings (SSSR count). The van der Waals surface area contributed by atoms with Crippen molar-refractivity contribution in [3.05, 3.63) is 70.0 Å². The van der Waals surface area contributed by atoms with Gasteiger partial charge in [0.1, 0.15) is 11.6 Å². The van der Waals surface area contributed by atoms with Crippen molar-refractivity contribution in [2.24, 2.45) is 29.1 Å². The van der Waals surface area contributed by atoms with E-state index < -0.39 is 58.2 Å². The number of imide groups is 2. The van der Waals surface area contributed by atoms with Gasteiger partial charge in [0, 0.05) is 17.0 Å². The number of carbonyl (C=O) groups excluding carboxylic acids is 4. The van der Waals surface area contributed by atoms with Crippen LogP contribution in [-0.2, 0) is 19.2 Å². The van der Waals surface area contributed by atoms with Crippen molar-refractivity contribution in [1.29, 1.82) is 0 Å². The number of nitrogens with zero attached hydrogens (tertiary/aromatic N) is 2. The number of carbonyl (C=O) groups is 4. The molecule has 6 unspecified atom stereocenters. The third kappa shape index (κ3) is 3.69. The number of allylic oxidation sites excluding steroid dienone is 2. The number of phenols is 1. The molecule has 214 valence electrons. The summed E-state index contributed by atoms with van der Waals surface area (Å²) < 4.78 is 14.0. The van der Waals surface area contributed by atoms with Crippen molar-refractivity contribution in [1.82, 2.24) is 4.90 Å². The maximum absolute atomic E-state index is 14.4. The van der Waals surface area contributed by atoms with Crippen LogP contribution in [0.2, 0.25) is 5.02 Å². The number of para-hydroxylation sites is 1. The highest BCUT2D eigenvalue weighted by atomic mass is 35.5. The normalized spacial score (nSPS) is 31.3. The fourth-order valence-electron chi connectivity index (χ4n) is 7.81. The van der Waals surface area contributed by atoms with E-state index in [1.54, 1.807) is 32.0 Å². The molecule has 3 fully saturated rings. The Morgan fingerprint density at radius 1 is 1.02 bits per heavy atom. The number of aryl methyl sites for hydroxylation is 1. The van der Waals surface area contributed by atoms with Crippen molar-refractivity contribution in [2.75, 3.05) is 4.90 Å². The lowest BCUT2D eigenvalue weighted by Gasteiger charge is -2.49. The highest BCUT2D eigenvalue weighted by Crippen LogP contribution is 2.64. The summed E-state index contributed by atoms with van der Waals surface area (Å²) in [5.74, 6) is -5.35. The Morgan fingerprint density at radius 2 is 1.73 bits per heavy atom. The average molecular weight is 579 g/mol. The first kappa shape index (κ1) is 27.6. The highest BCUT2D eigenvalue weighted by molar-refractivity contribution is 6.31. The van der Waals surface area contributed by atoms with Crippen LogP contribution in [0.4, 0.5) is 10.1 Å². The number of phenolic OH excluding ortho intramolecular Hbond substituents is 1. The van der Waals surface area contributed by atoms with Gasteiger partial charge in [-0.3, -0.25) is 24.1 Å². The number of likely N-dealkylation sites (tertiary alicyclic amines) is 1. The Bertz CT molecular complexity index is 1580. The molecule has 4 aliphatic rings. The van der Waals surface area contributed by atoms with Crippen LogP contribution in [0.25, 0.3) is 0 Å². The molecule has 0 spiro atoms. The summed E-state index contributed by atoms with van der Waals surface area (Å²) in [5.41, 5.74) is 0.0489. The van der Waals surface area contributed by atoms with Gasteiger partial charge in [-0.15, -0.1) is 0 Å². The molecule has 4 amide bonds. The molecular weight excluding hydrogens is 547 g/mol. The summed E-state index contributed by atoms with van der Waals surface area (Å²) in [7, 11) is 0. The number of aromatic hydroxyl groups is 1. The Hall–Kier alpha value is -3.52. The van der Waals surface area contributed by atoms with E-state index in [-0.39, 0.29) is 34.7 Å². The number of hydrogen-bond acceptors (Lipinski definition) is 5. The number of benzene rings is 2. The Balaban J connectivity index is 1.54. The zero-order chi connectivity index (χ0) is 29.8. The van der Waals surface area contributed by atoms with E-state index in [1.807, 2.05) is 26.8 Å². The molecule has 0 bridgehead atoms. The second-order valence-electron chi connectivity index (χ2n) is 13.0. The monoisotopic (exact) mass is 578 g/mol. The molecule has 0 radical (unpaired) electrons. The van der Waals surface area contributed by atoms with Crippen molar-refractivity contribution < 1.29 is 28.7 Å². The third-order valence-electron chi connectivity index (χ3n) is 9.69. The van der Waals surface area contributed by atoms with Gasteiger partial charge in [-0.25, -0.2) is 9.29 Å². The molecule has 2 aliphatic carbocycles. The van der Waals surface area contributed by atoms with Gasteiger partial charge in [0.15, 0.2) is 0 Å². The molecule has 2 aromatic carbocycles. The molecule has 2 aliphatic heterocycles. The van der Waals surface area contributed by atoms with Gasteiger partial charge in [0.05, 0.1) is 33.9 Å². The highest BCUT2D eigenvalue weighted by Gasteiger charge is 2.68. The maximum atomic E-state index is 14.4. The topological polar surface area (TPSA) is 95.0 Å². The van der Waals surface area contributed by atoms with E-state index in [1.165, 1.54) is 17.0 Å². The summed E-state index contributed by atoms with van der Waals surface area (Å²) >= 11 is 6.04. The lowest BCUT2D eigenvalue weighted by atomic mass is 9.51. The molecule has 41 heavy (non-hydrogen) atoms. The van der Waals surface area contributed by atoms with Gasteiger partial charge in [0.25, 0.3) is 0 Å². The largest absolute Gasteiger partial charge is 0.507 e. The van der Waals surface area contributed by atoms with Crippen molar-refractivity contribution in [3.8, 4) is 5.75 Å². The van der Waals surface area contributed by atoms with E-state index in [0.717, 1.165) is 16.5 Å². The van der Waals surface area contributed by atoms with E-state index >= 15 is 0 Å². The van der Waals surface area contributed by atoms with Crippen LogP contribution in [-0.4, -0.2) is 39.2 Å². The molecule has 7 nitrogen and oxygen atoms in total. The summed E-state index contributed by atoms with van der Waals surface area (Å²) in [6.45, 7) is 8.97. The minimum atomic E-state index is -1.31. The van der Waals surface area contributed by atoms with Gasteiger partial charge in [-0.1, -0.05) is 41.4 Å². The number of halogens is 2. The quantitative estimate of drug-likeness (QED) is 0.374. The van der Waals surface area contributed by atoms with E-state index in [4.69, 9.17) is 11.6 Å². The minimum Gasteiger partial charge on any atom is -0.507 e. The molecular formula is C32H32ClFN2O5. The molecule has 2 heterocycles. The zero-order valence-corrected chi connectivity index (χ0v) is 24.3. The van der Waals surface area contributed by atoms with Crippen LogP contribution in [0, 0.1) is 41.8 Å². The number of anilines is 1. The lowest BCUT2D eigenvalue weighted by Crippen LogP contribution is -2.49. The van der Waals surface area contributed by atoms with Gasteiger partial charge >= 0.3 is 0 Å². The van der Waals surface area contributed by atoms with E-state index in [0.29, 0.717) is 17.5 Å². The smallest absolute Gasteiger partial charge is 0.241 e. The molecule has 9 heteroatoms. The molecule has 2 saturated heterocycles. The predicted octanol–water partition coefficient (Wildman–Crippen LogP) is 5.52. The lowest BCUT2D eigenvalue weighted by molar-refractivity contribution is -0.145. The standard InChI is InChI=1S/C32H32ClFN2O5/c1-15-7-6-8-19(26(15)37)25-17-10-11-18-24(29(40)36(27(18)38)31(2,3)4)20(17)14-21-28(39)35(30(41)32(21,25)5)16-9-12-23(34)22(33)13-16/h6-10,12-13,18,20-21,24-25,37H,11,14H2,1-5H3. The fourth-order valence-corrected chi connectivity index (χ4v) is 7.98. The van der Waals surface area contributed by atoms with Crippen LogP contribution < -0.4 is 4.90 Å². The first-order valence-electron chi connectivity index (χ1n) is 13.9. The maximum Gasteiger partial charge on any atom is 0.241 e. The summed E-state index contributed by atoms with van der Waals surface area (Å²) in [6, 6.07) is 9.03. The molecule has 0 aromatic heterocycles. The van der Waals surface area contributed by atoms with Crippen LogP contribution >= 0.6 is 11.6 Å². The van der Waals surface area contributed by atoms with E-state index in [2.05, 4.69) is 0 Å². The number of fused-ring (bicyclic) bond motifs is 4. The fraction of sp³-hybridized carbons (Fsp3) is 0.438. The Morgan fingerprint density at radius 3 is 2.39 bits per heavy atom. The Kier molecular flexibility index (Phi) is 6.06. The minimum absolute atomic E-state index is 0.0230. The van der Waals surface area contributed by atoms with Gasteiger partial charge in [-0.05, 0) is 77.1 Å². The van der Waals surface area contributed by atoms with Crippen molar-refractivity contribution >= 4 is 40.9 Å². The van der Waals surface area contributed by atoms with Gasteiger partial charge < -0.3 is 5.11 Å². The van der Waals surface area contributed by atoms with Crippen LogP contribution in [0.15, 0.2) is 48.0 Å². The second-order valence-corrected chi connectivity index (χ2v) is 13.4. The number of amides is 4. The van der Waals surface area contributed by atoms with Crippen LogP contribution in [0.3, 0.4) is 0 Å². The van der Waals surface area contributed by atoms with Crippen molar-refractivity contribution in [3.63, 3.8) is 0 Å². The molecule has 1 saturated carbocycles. The summed E-state index contributed by atoms with van der Waals surface area (Å²) in [6.07, 6.45) is 2.47. The molecule has 6 atom stereocenters. The SMILES string of the molecule is Cc1cccc(C2C3=CCC4C(=O)N(C(C)(C)C)C(=O)C4C3CC3C(=O)N(c4ccc(F)c(Cl)c4)C(=O)C32C)c1O. The van der Waals surface area contributed by atoms with Gasteiger partial charge in [0.2, 0.25) is 23.6 Å². The first-order chi connectivity index (χ1) is 19.2. The van der Waals surface area contributed by atoms with Gasteiger partial charge in [-0.2, -0.15) is 0 Å². The zero-order valence-electron chi connectivity index (χ0n) is 23.6. The van der Waals surface area contributed by atoms with Crippen molar-refractivity contribution in [2.45, 2.75) is 58.9 Å². The average Bonchev–Trinajstić information content (AvgIpc) is 3.27. The first-order valence-corrected chi connectivity index (χ1v) is 14.3. The summed E-state index contributed by atoms with van der Waals surface area (Å²) in [4.78, 5) is 58.3. The van der Waals surface area contributed by atoms with Crippen LogP contribution in [0.1, 0.15) is 57.6 Å². The third-order valence-corrected chi connectivity index (χ3v) is 9.98. The summed E-state index contributed by atoms with van der Waals surface area (Å²) in [5, 5.41) is 11.1. The molecule has 2 aromatic rings. The number of hydrogen-bond donors (Lipinski definition) is 1. The van der Waals surface area contributed by atoms with E-state index in [9.17, 15) is 28.7 Å². The second kappa shape index (κ2) is 8.99. The Labute approximate surface area is 243 Å². The van der Waals surface area contributed by atoms with Crippen LogP contribution in [0.5, 0.6) is 5.75 Å². The number of rotatable bonds is 2.